The van der Waals surface area contributed by atoms with Gasteiger partial charge in [-0.2, -0.15) is 0 Å². The molecule has 18 heavy (non-hydrogen) atoms. The summed E-state index contributed by atoms with van der Waals surface area (Å²) in [5.74, 6) is 0.541. The Balaban J connectivity index is 1.91. The molecule has 0 saturated carbocycles. The molecule has 1 fully saturated rings. The number of rotatable bonds is 3. The maximum Gasteiger partial charge on any atom is 0.573 e. The molecule has 1 aliphatic heterocycles. The van der Waals surface area contributed by atoms with Gasteiger partial charge in [-0.15, -0.1) is 13.2 Å². The lowest BCUT2D eigenvalue weighted by atomic mass is 10.2. The van der Waals surface area contributed by atoms with Gasteiger partial charge in [-0.05, 0) is 36.6 Å². The second-order valence-corrected chi connectivity index (χ2v) is 4.82. The molecule has 0 bridgehead atoms. The van der Waals surface area contributed by atoms with Gasteiger partial charge in [-0.3, -0.25) is 4.90 Å². The van der Waals surface area contributed by atoms with Crippen LogP contribution in [0.4, 0.5) is 13.2 Å². The van der Waals surface area contributed by atoms with E-state index in [0.717, 1.165) is 25.2 Å². The van der Waals surface area contributed by atoms with Crippen molar-refractivity contribution in [1.29, 1.82) is 0 Å². The summed E-state index contributed by atoms with van der Waals surface area (Å²) in [6.45, 7) is 5.11. The van der Waals surface area contributed by atoms with Crippen molar-refractivity contribution in [3.05, 3.63) is 29.8 Å². The highest BCUT2D eigenvalue weighted by Gasteiger charge is 2.31. The Morgan fingerprint density at radius 2 is 1.94 bits per heavy atom. The number of halogens is 3. The van der Waals surface area contributed by atoms with Gasteiger partial charge in [-0.25, -0.2) is 0 Å². The van der Waals surface area contributed by atoms with Crippen molar-refractivity contribution in [1.82, 2.24) is 4.90 Å². The summed E-state index contributed by atoms with van der Waals surface area (Å²) >= 11 is 0. The van der Waals surface area contributed by atoms with Crippen molar-refractivity contribution in [3.63, 3.8) is 0 Å². The molecular weight excluding hydrogens is 243 g/mol. The Hall–Kier alpha value is -1.23. The molecule has 1 unspecified atom stereocenters. The first kappa shape index (κ1) is 13.2. The van der Waals surface area contributed by atoms with Crippen LogP contribution in [0, 0.1) is 5.92 Å². The average Bonchev–Trinajstić information content (AvgIpc) is 2.65. The van der Waals surface area contributed by atoms with Crippen LogP contribution in [0.5, 0.6) is 5.75 Å². The van der Waals surface area contributed by atoms with Gasteiger partial charge in [0.05, 0.1) is 0 Å². The average molecular weight is 259 g/mol. The third kappa shape index (κ3) is 3.91. The monoisotopic (exact) mass is 259 g/mol. The third-order valence-corrected chi connectivity index (χ3v) is 3.07. The fourth-order valence-electron chi connectivity index (χ4n) is 2.22. The van der Waals surface area contributed by atoms with Crippen molar-refractivity contribution in [2.45, 2.75) is 26.3 Å². The van der Waals surface area contributed by atoms with E-state index in [4.69, 9.17) is 0 Å². The predicted octanol–water partition coefficient (Wildman–Crippen LogP) is 3.43. The van der Waals surface area contributed by atoms with Crippen LogP contribution in [0.15, 0.2) is 24.3 Å². The summed E-state index contributed by atoms with van der Waals surface area (Å²) in [6, 6.07) is 6.10. The van der Waals surface area contributed by atoms with Gasteiger partial charge in [0, 0.05) is 13.1 Å². The van der Waals surface area contributed by atoms with E-state index in [1.807, 2.05) is 0 Å². The molecule has 2 nitrogen and oxygen atoms in total. The molecule has 1 heterocycles. The van der Waals surface area contributed by atoms with E-state index in [-0.39, 0.29) is 5.75 Å². The third-order valence-electron chi connectivity index (χ3n) is 3.07. The SMILES string of the molecule is CC1CCN(Cc2ccc(OC(F)(F)F)cc2)C1. The number of ether oxygens (including phenoxy) is 1. The van der Waals surface area contributed by atoms with E-state index in [2.05, 4.69) is 16.6 Å². The van der Waals surface area contributed by atoms with Crippen LogP contribution < -0.4 is 4.74 Å². The van der Waals surface area contributed by atoms with Crippen molar-refractivity contribution >= 4 is 0 Å². The van der Waals surface area contributed by atoms with E-state index < -0.39 is 6.36 Å². The zero-order valence-electron chi connectivity index (χ0n) is 10.2. The number of benzene rings is 1. The smallest absolute Gasteiger partial charge is 0.406 e. The Morgan fingerprint density at radius 3 is 2.44 bits per heavy atom. The van der Waals surface area contributed by atoms with Crippen LogP contribution in [0.1, 0.15) is 18.9 Å². The van der Waals surface area contributed by atoms with Crippen LogP contribution in [0.2, 0.25) is 0 Å². The molecule has 5 heteroatoms. The molecule has 2 rings (SSSR count). The lowest BCUT2D eigenvalue weighted by molar-refractivity contribution is -0.274. The molecule has 1 aromatic carbocycles. The van der Waals surface area contributed by atoms with Crippen LogP contribution in [0.3, 0.4) is 0 Å². The number of hydrogen-bond donors (Lipinski definition) is 0. The van der Waals surface area contributed by atoms with E-state index in [1.54, 1.807) is 12.1 Å². The standard InChI is InChI=1S/C13H16F3NO/c1-10-6-7-17(8-10)9-11-2-4-12(5-3-11)18-13(14,15)16/h2-5,10H,6-9H2,1H3. The minimum Gasteiger partial charge on any atom is -0.406 e. The summed E-state index contributed by atoms with van der Waals surface area (Å²) in [7, 11) is 0. The molecule has 0 N–H and O–H groups in total. The Labute approximate surface area is 104 Å². The van der Waals surface area contributed by atoms with Crippen molar-refractivity contribution in [3.8, 4) is 5.75 Å². The van der Waals surface area contributed by atoms with Crippen LogP contribution >= 0.6 is 0 Å². The largest absolute Gasteiger partial charge is 0.573 e. The Kier molecular flexibility index (Phi) is 3.80. The number of alkyl halides is 3. The van der Waals surface area contributed by atoms with Gasteiger partial charge in [0.25, 0.3) is 0 Å². The van der Waals surface area contributed by atoms with Gasteiger partial charge >= 0.3 is 6.36 Å². The highest BCUT2D eigenvalue weighted by atomic mass is 19.4. The van der Waals surface area contributed by atoms with Gasteiger partial charge in [0.1, 0.15) is 5.75 Å². The fraction of sp³-hybridized carbons (Fsp3) is 0.538. The molecule has 0 aromatic heterocycles. The van der Waals surface area contributed by atoms with Gasteiger partial charge in [-0.1, -0.05) is 19.1 Å². The summed E-state index contributed by atoms with van der Waals surface area (Å²) in [4.78, 5) is 2.31. The quantitative estimate of drug-likeness (QED) is 0.824. The normalized spacial score (nSPS) is 21.2. The van der Waals surface area contributed by atoms with E-state index in [9.17, 15) is 13.2 Å². The first-order chi connectivity index (χ1) is 8.42. The van der Waals surface area contributed by atoms with E-state index in [1.165, 1.54) is 18.6 Å². The number of hydrogen-bond acceptors (Lipinski definition) is 2. The van der Waals surface area contributed by atoms with Crippen molar-refractivity contribution in [2.24, 2.45) is 5.92 Å². The maximum atomic E-state index is 12.0. The summed E-state index contributed by atoms with van der Waals surface area (Å²) in [5.41, 5.74) is 1.01. The van der Waals surface area contributed by atoms with Gasteiger partial charge < -0.3 is 4.74 Å². The highest BCUT2D eigenvalue weighted by molar-refractivity contribution is 5.27. The van der Waals surface area contributed by atoms with E-state index >= 15 is 0 Å². The zero-order valence-corrected chi connectivity index (χ0v) is 10.2. The topological polar surface area (TPSA) is 12.5 Å². The molecule has 0 aliphatic carbocycles. The molecule has 0 spiro atoms. The second kappa shape index (κ2) is 5.18. The van der Waals surface area contributed by atoms with Crippen LogP contribution in [0.25, 0.3) is 0 Å². The zero-order chi connectivity index (χ0) is 13.2. The molecule has 1 aliphatic rings. The molecule has 1 atom stereocenters. The van der Waals surface area contributed by atoms with Crippen molar-refractivity contribution in [2.75, 3.05) is 13.1 Å². The molecule has 0 radical (unpaired) electrons. The van der Waals surface area contributed by atoms with E-state index in [0.29, 0.717) is 5.92 Å². The molecule has 100 valence electrons. The van der Waals surface area contributed by atoms with Crippen LogP contribution in [-0.2, 0) is 6.54 Å². The minimum absolute atomic E-state index is 0.166. The maximum absolute atomic E-state index is 12.0. The van der Waals surface area contributed by atoms with Gasteiger partial charge in [0.2, 0.25) is 0 Å². The minimum atomic E-state index is -4.62. The first-order valence-corrected chi connectivity index (χ1v) is 5.99. The Bertz CT molecular complexity index is 388. The second-order valence-electron chi connectivity index (χ2n) is 4.82. The molecular formula is C13H16F3NO. The summed E-state index contributed by atoms with van der Waals surface area (Å²) in [5, 5.41) is 0. The van der Waals surface area contributed by atoms with Gasteiger partial charge in [0.15, 0.2) is 0 Å². The molecule has 0 amide bonds. The lowest BCUT2D eigenvalue weighted by Crippen LogP contribution is -2.19. The highest BCUT2D eigenvalue weighted by Crippen LogP contribution is 2.24. The number of likely N-dealkylation sites (tertiary alicyclic amines) is 1. The van der Waals surface area contributed by atoms with Crippen LogP contribution in [-0.4, -0.2) is 24.4 Å². The molecule has 1 aromatic rings. The summed E-state index contributed by atoms with van der Waals surface area (Å²) in [6.07, 6.45) is -3.43. The molecule has 1 saturated heterocycles. The Morgan fingerprint density at radius 1 is 1.28 bits per heavy atom. The number of nitrogens with zero attached hydrogens (tertiary/aromatic N) is 1. The fourth-order valence-corrected chi connectivity index (χ4v) is 2.22. The lowest BCUT2D eigenvalue weighted by Gasteiger charge is -2.15. The first-order valence-electron chi connectivity index (χ1n) is 5.99. The van der Waals surface area contributed by atoms with Crippen molar-refractivity contribution < 1.29 is 17.9 Å². The summed E-state index contributed by atoms with van der Waals surface area (Å²) < 4.78 is 39.8. The predicted molar refractivity (Wildman–Crippen MR) is 62.2 cm³/mol.